The lowest BCUT2D eigenvalue weighted by molar-refractivity contribution is -0.124. The average molecular weight is 306 g/mol. The van der Waals surface area contributed by atoms with E-state index in [4.69, 9.17) is 10.0 Å². The van der Waals surface area contributed by atoms with Gasteiger partial charge in [0.2, 0.25) is 11.8 Å². The molecule has 22 heavy (non-hydrogen) atoms. The first-order valence-electron chi connectivity index (χ1n) is 7.55. The Balaban J connectivity index is 2.31. The first kappa shape index (κ1) is 18.2. The number of benzene rings is 1. The summed E-state index contributed by atoms with van der Waals surface area (Å²) < 4.78 is 0. The number of nitrogens with one attached hydrogen (secondary N) is 2. The van der Waals surface area contributed by atoms with Crippen LogP contribution in [0.2, 0.25) is 0 Å². The number of amides is 2. The molecule has 6 nitrogen and oxygen atoms in total. The molecule has 0 fully saturated rings. The van der Waals surface area contributed by atoms with Gasteiger partial charge in [-0.25, -0.2) is 0 Å². The van der Waals surface area contributed by atoms with Crippen LogP contribution < -0.4 is 16.1 Å². The van der Waals surface area contributed by atoms with Crippen molar-refractivity contribution >= 4 is 30.1 Å². The minimum absolute atomic E-state index is 0.0888. The second-order valence-electron chi connectivity index (χ2n) is 5.10. The van der Waals surface area contributed by atoms with Crippen LogP contribution in [0.3, 0.4) is 0 Å². The van der Waals surface area contributed by atoms with Crippen LogP contribution in [0.25, 0.3) is 0 Å². The first-order chi connectivity index (χ1) is 10.5. The maximum atomic E-state index is 11.8. The lowest BCUT2D eigenvalue weighted by Crippen LogP contribution is -2.30. The Labute approximate surface area is 131 Å². The Morgan fingerprint density at radius 3 is 2.55 bits per heavy atom. The van der Waals surface area contributed by atoms with E-state index in [1.165, 1.54) is 6.07 Å². The van der Waals surface area contributed by atoms with E-state index in [0.717, 1.165) is 19.3 Å². The summed E-state index contributed by atoms with van der Waals surface area (Å²) in [5.74, 6) is -0.418. The SMILES string of the molecule is CCCCCNC(=O)CCC(=O)Nc1cccc(B(O)O)c1. The van der Waals surface area contributed by atoms with Crippen LogP contribution in [-0.2, 0) is 9.59 Å². The van der Waals surface area contributed by atoms with Gasteiger partial charge in [0.15, 0.2) is 0 Å². The fourth-order valence-corrected chi connectivity index (χ4v) is 1.92. The highest BCUT2D eigenvalue weighted by atomic mass is 16.4. The lowest BCUT2D eigenvalue weighted by Gasteiger charge is -2.08. The van der Waals surface area contributed by atoms with Crippen molar-refractivity contribution in [2.45, 2.75) is 39.0 Å². The molecule has 0 spiro atoms. The number of rotatable bonds is 9. The van der Waals surface area contributed by atoms with Crippen molar-refractivity contribution in [3.05, 3.63) is 24.3 Å². The van der Waals surface area contributed by atoms with E-state index >= 15 is 0 Å². The van der Waals surface area contributed by atoms with Crippen molar-refractivity contribution in [1.29, 1.82) is 0 Å². The molecule has 0 atom stereocenters. The highest BCUT2D eigenvalue weighted by Gasteiger charge is 2.12. The van der Waals surface area contributed by atoms with Gasteiger partial charge in [0.25, 0.3) is 0 Å². The third-order valence-electron chi connectivity index (χ3n) is 3.15. The molecule has 1 rings (SSSR count). The van der Waals surface area contributed by atoms with Crippen LogP contribution >= 0.6 is 0 Å². The molecule has 2 amide bonds. The molecule has 120 valence electrons. The molecule has 0 radical (unpaired) electrons. The number of anilines is 1. The summed E-state index contributed by atoms with van der Waals surface area (Å²) in [6, 6.07) is 6.29. The Kier molecular flexibility index (Phi) is 8.24. The third-order valence-corrected chi connectivity index (χ3v) is 3.15. The van der Waals surface area contributed by atoms with Crippen molar-refractivity contribution in [3.8, 4) is 0 Å². The molecule has 0 aliphatic carbocycles. The summed E-state index contributed by atoms with van der Waals surface area (Å²) in [6.45, 7) is 2.74. The predicted octanol–water partition coefficient (Wildman–Crippen LogP) is 0.392. The minimum Gasteiger partial charge on any atom is -0.423 e. The molecule has 0 aliphatic rings. The zero-order valence-corrected chi connectivity index (χ0v) is 12.8. The van der Waals surface area contributed by atoms with E-state index in [0.29, 0.717) is 17.7 Å². The molecule has 0 heterocycles. The predicted molar refractivity (Wildman–Crippen MR) is 86.7 cm³/mol. The number of carbonyl (C=O) groups is 2. The number of carbonyl (C=O) groups excluding carboxylic acids is 2. The zero-order chi connectivity index (χ0) is 16.4. The van der Waals surface area contributed by atoms with E-state index in [2.05, 4.69) is 17.6 Å². The molecule has 1 aromatic rings. The standard InChI is InChI=1S/C15H23BN2O4/c1-2-3-4-10-17-14(19)8-9-15(20)18-13-7-5-6-12(11-13)16(21)22/h5-7,11,21-22H,2-4,8-10H2,1H3,(H,17,19)(H,18,20). The normalized spacial score (nSPS) is 10.1. The van der Waals surface area contributed by atoms with E-state index in [-0.39, 0.29) is 24.7 Å². The molecule has 0 unspecified atom stereocenters. The van der Waals surface area contributed by atoms with Crippen LogP contribution in [0.5, 0.6) is 0 Å². The Hall–Kier alpha value is -1.86. The monoisotopic (exact) mass is 306 g/mol. The van der Waals surface area contributed by atoms with Crippen molar-refractivity contribution in [2.24, 2.45) is 0 Å². The van der Waals surface area contributed by atoms with Crippen molar-refractivity contribution in [2.75, 3.05) is 11.9 Å². The fourth-order valence-electron chi connectivity index (χ4n) is 1.92. The van der Waals surface area contributed by atoms with Crippen molar-refractivity contribution in [3.63, 3.8) is 0 Å². The Morgan fingerprint density at radius 1 is 1.14 bits per heavy atom. The summed E-state index contributed by atoms with van der Waals surface area (Å²) in [6.07, 6.45) is 3.35. The largest absolute Gasteiger partial charge is 0.488 e. The van der Waals surface area contributed by atoms with Gasteiger partial charge in [-0.2, -0.15) is 0 Å². The van der Waals surface area contributed by atoms with Gasteiger partial charge in [0.1, 0.15) is 0 Å². The maximum absolute atomic E-state index is 11.8. The third kappa shape index (κ3) is 7.24. The van der Waals surface area contributed by atoms with Crippen LogP contribution in [0.15, 0.2) is 24.3 Å². The molecule has 0 aliphatic heterocycles. The summed E-state index contributed by atoms with van der Waals surface area (Å²) in [7, 11) is -1.58. The highest BCUT2D eigenvalue weighted by molar-refractivity contribution is 6.58. The molecule has 1 aromatic carbocycles. The molecule has 0 saturated heterocycles. The van der Waals surface area contributed by atoms with Gasteiger partial charge in [-0.3, -0.25) is 9.59 Å². The van der Waals surface area contributed by atoms with E-state index in [1.807, 2.05) is 0 Å². The topological polar surface area (TPSA) is 98.7 Å². The van der Waals surface area contributed by atoms with Gasteiger partial charge < -0.3 is 20.7 Å². The maximum Gasteiger partial charge on any atom is 0.488 e. The minimum atomic E-state index is -1.58. The molecular formula is C15H23BN2O4. The van der Waals surface area contributed by atoms with Gasteiger partial charge >= 0.3 is 7.12 Å². The number of hydrogen-bond acceptors (Lipinski definition) is 4. The lowest BCUT2D eigenvalue weighted by atomic mass is 9.80. The second kappa shape index (κ2) is 9.97. The molecule has 0 bridgehead atoms. The van der Waals surface area contributed by atoms with Crippen LogP contribution in [0.1, 0.15) is 39.0 Å². The van der Waals surface area contributed by atoms with E-state index in [9.17, 15) is 9.59 Å². The highest BCUT2D eigenvalue weighted by Crippen LogP contribution is 2.05. The molecule has 7 heteroatoms. The quantitative estimate of drug-likeness (QED) is 0.392. The Morgan fingerprint density at radius 2 is 1.86 bits per heavy atom. The zero-order valence-electron chi connectivity index (χ0n) is 12.8. The van der Waals surface area contributed by atoms with Gasteiger partial charge in [-0.1, -0.05) is 31.9 Å². The fraction of sp³-hybridized carbons (Fsp3) is 0.467. The molecular weight excluding hydrogens is 283 g/mol. The van der Waals surface area contributed by atoms with Crippen LogP contribution in [0, 0.1) is 0 Å². The molecule has 4 N–H and O–H groups in total. The first-order valence-corrected chi connectivity index (χ1v) is 7.55. The van der Waals surface area contributed by atoms with Crippen molar-refractivity contribution in [1.82, 2.24) is 5.32 Å². The van der Waals surface area contributed by atoms with Gasteiger partial charge in [0.05, 0.1) is 0 Å². The van der Waals surface area contributed by atoms with Crippen molar-refractivity contribution < 1.29 is 19.6 Å². The molecule has 0 aromatic heterocycles. The van der Waals surface area contributed by atoms with E-state index in [1.54, 1.807) is 18.2 Å². The van der Waals surface area contributed by atoms with Gasteiger partial charge in [-0.15, -0.1) is 0 Å². The van der Waals surface area contributed by atoms with Gasteiger partial charge in [-0.05, 0) is 24.0 Å². The summed E-state index contributed by atoms with van der Waals surface area (Å²) in [5, 5.41) is 23.5. The summed E-state index contributed by atoms with van der Waals surface area (Å²) in [5.41, 5.74) is 0.769. The van der Waals surface area contributed by atoms with Crippen LogP contribution in [-0.4, -0.2) is 35.5 Å². The average Bonchev–Trinajstić information content (AvgIpc) is 2.50. The van der Waals surface area contributed by atoms with Gasteiger partial charge in [0, 0.05) is 25.1 Å². The van der Waals surface area contributed by atoms with Crippen LogP contribution in [0.4, 0.5) is 5.69 Å². The molecule has 0 saturated carbocycles. The number of unbranched alkanes of at least 4 members (excludes halogenated alkanes) is 2. The Bertz CT molecular complexity index is 494. The smallest absolute Gasteiger partial charge is 0.423 e. The summed E-state index contributed by atoms with van der Waals surface area (Å²) in [4.78, 5) is 23.3. The number of hydrogen-bond donors (Lipinski definition) is 4. The second-order valence-corrected chi connectivity index (χ2v) is 5.10. The summed E-state index contributed by atoms with van der Waals surface area (Å²) >= 11 is 0. The van der Waals surface area contributed by atoms with E-state index < -0.39 is 7.12 Å².